The number of rotatable bonds is 1. The number of nitrogens with one attached hydrogen (secondary N) is 1. The molecule has 0 saturated carbocycles. The number of nitrogens with zero attached hydrogens (tertiary/aromatic N) is 3. The van der Waals surface area contributed by atoms with Crippen LogP contribution in [0.2, 0.25) is 0 Å². The van der Waals surface area contributed by atoms with Gasteiger partial charge < -0.3 is 5.32 Å². The molecule has 13 heavy (non-hydrogen) atoms. The molecular weight excluding hydrogens is 172 g/mol. The highest BCUT2D eigenvalue weighted by molar-refractivity contribution is 5.99. The van der Waals surface area contributed by atoms with E-state index in [-0.39, 0.29) is 24.9 Å². The number of carbonyl (C=O) groups excluding carboxylic acids is 2. The van der Waals surface area contributed by atoms with Gasteiger partial charge in [0.25, 0.3) is 5.91 Å². The first-order valence-corrected chi connectivity index (χ1v) is 3.82. The van der Waals surface area contributed by atoms with E-state index >= 15 is 0 Å². The second kappa shape index (κ2) is 2.89. The molecule has 0 spiro atoms. The topological polar surface area (TPSA) is 67.2 Å². The number of imidazole rings is 1. The van der Waals surface area contributed by atoms with E-state index in [0.29, 0.717) is 0 Å². The minimum atomic E-state index is -0.159. The van der Waals surface area contributed by atoms with Crippen LogP contribution in [0.5, 0.6) is 0 Å². The first kappa shape index (κ1) is 7.78. The van der Waals surface area contributed by atoms with Gasteiger partial charge >= 0.3 is 0 Å². The van der Waals surface area contributed by atoms with Crippen molar-refractivity contribution in [2.75, 3.05) is 18.1 Å². The van der Waals surface area contributed by atoms with Crippen LogP contribution in [0.1, 0.15) is 0 Å². The molecule has 1 aliphatic rings. The van der Waals surface area contributed by atoms with E-state index in [0.717, 1.165) is 0 Å². The van der Waals surface area contributed by atoms with Crippen molar-refractivity contribution in [2.45, 2.75) is 0 Å². The van der Waals surface area contributed by atoms with Crippen LogP contribution in [-0.4, -0.2) is 34.6 Å². The van der Waals surface area contributed by atoms with Gasteiger partial charge in [-0.3, -0.25) is 9.59 Å². The predicted molar refractivity (Wildman–Crippen MR) is 43.3 cm³/mol. The molecule has 2 heterocycles. The molecule has 1 aromatic rings. The Bertz CT molecular complexity index is 332. The van der Waals surface area contributed by atoms with Gasteiger partial charge in [0, 0.05) is 12.4 Å². The van der Waals surface area contributed by atoms with Crippen LogP contribution in [0.15, 0.2) is 18.7 Å². The zero-order valence-electron chi connectivity index (χ0n) is 6.80. The molecule has 1 aliphatic heterocycles. The lowest BCUT2D eigenvalue weighted by atomic mass is 10.4. The Labute approximate surface area is 74.1 Å². The average molecular weight is 180 g/mol. The molecule has 2 rings (SSSR count). The van der Waals surface area contributed by atoms with Crippen LogP contribution in [0.25, 0.3) is 0 Å². The SMILES string of the molecule is O=C1CN(n2ccnc2)C(=O)CN1. The third-order valence-corrected chi connectivity index (χ3v) is 1.79. The second-order valence-electron chi connectivity index (χ2n) is 2.67. The molecule has 1 fully saturated rings. The Hall–Kier alpha value is -1.85. The maximum absolute atomic E-state index is 11.3. The van der Waals surface area contributed by atoms with Gasteiger partial charge in [-0.25, -0.2) is 14.7 Å². The predicted octanol–water partition coefficient (Wildman–Crippen LogP) is -1.52. The molecule has 0 unspecified atom stereocenters. The van der Waals surface area contributed by atoms with Crippen molar-refractivity contribution < 1.29 is 9.59 Å². The van der Waals surface area contributed by atoms with Crippen LogP contribution in [0, 0.1) is 0 Å². The van der Waals surface area contributed by atoms with Gasteiger partial charge in [-0.1, -0.05) is 0 Å². The summed E-state index contributed by atoms with van der Waals surface area (Å²) in [5.41, 5.74) is 0. The minimum Gasteiger partial charge on any atom is -0.345 e. The van der Waals surface area contributed by atoms with Gasteiger partial charge in [-0.2, -0.15) is 0 Å². The Morgan fingerprint density at radius 3 is 3.00 bits per heavy atom. The quantitative estimate of drug-likeness (QED) is 0.570. The summed E-state index contributed by atoms with van der Waals surface area (Å²) in [5.74, 6) is -0.300. The number of hydrogen-bond acceptors (Lipinski definition) is 3. The van der Waals surface area contributed by atoms with Gasteiger partial charge in [-0.05, 0) is 0 Å². The number of carbonyl (C=O) groups is 2. The fourth-order valence-electron chi connectivity index (χ4n) is 1.15. The van der Waals surface area contributed by atoms with Crippen LogP contribution in [0.4, 0.5) is 0 Å². The van der Waals surface area contributed by atoms with Crippen molar-refractivity contribution in [3.63, 3.8) is 0 Å². The Morgan fingerprint density at radius 2 is 2.31 bits per heavy atom. The third-order valence-electron chi connectivity index (χ3n) is 1.79. The van der Waals surface area contributed by atoms with E-state index in [1.807, 2.05) is 0 Å². The number of aromatic nitrogens is 2. The first-order chi connectivity index (χ1) is 6.27. The zero-order valence-corrected chi connectivity index (χ0v) is 6.80. The highest BCUT2D eigenvalue weighted by Gasteiger charge is 2.23. The minimum absolute atomic E-state index is 0.0508. The highest BCUT2D eigenvalue weighted by Crippen LogP contribution is 1.95. The Balaban J connectivity index is 2.22. The second-order valence-corrected chi connectivity index (χ2v) is 2.67. The van der Waals surface area contributed by atoms with Crippen molar-refractivity contribution in [3.05, 3.63) is 18.7 Å². The smallest absolute Gasteiger partial charge is 0.261 e. The van der Waals surface area contributed by atoms with Crippen molar-refractivity contribution in [2.24, 2.45) is 0 Å². The summed E-state index contributed by atoms with van der Waals surface area (Å²) >= 11 is 0. The lowest BCUT2D eigenvalue weighted by Crippen LogP contribution is -2.55. The van der Waals surface area contributed by atoms with Crippen LogP contribution in [-0.2, 0) is 9.59 Å². The van der Waals surface area contributed by atoms with Crippen molar-refractivity contribution >= 4 is 11.8 Å². The highest BCUT2D eigenvalue weighted by atomic mass is 16.2. The molecular formula is C7H8N4O2. The lowest BCUT2D eigenvalue weighted by Gasteiger charge is -2.26. The maximum atomic E-state index is 11.3. The van der Waals surface area contributed by atoms with E-state index in [9.17, 15) is 9.59 Å². The van der Waals surface area contributed by atoms with Gasteiger partial charge in [0.2, 0.25) is 5.91 Å². The molecule has 1 aromatic heterocycles. The Morgan fingerprint density at radius 1 is 1.46 bits per heavy atom. The Kier molecular flexibility index (Phi) is 1.73. The fourth-order valence-corrected chi connectivity index (χ4v) is 1.15. The van der Waals surface area contributed by atoms with E-state index in [2.05, 4.69) is 10.3 Å². The molecule has 0 aliphatic carbocycles. The molecule has 0 radical (unpaired) electrons. The summed E-state index contributed by atoms with van der Waals surface area (Å²) in [6, 6.07) is 0. The van der Waals surface area contributed by atoms with Gasteiger partial charge in [0.1, 0.15) is 12.9 Å². The van der Waals surface area contributed by atoms with Crippen molar-refractivity contribution in [1.29, 1.82) is 0 Å². The number of hydrogen-bond donors (Lipinski definition) is 1. The van der Waals surface area contributed by atoms with E-state index < -0.39 is 0 Å². The summed E-state index contributed by atoms with van der Waals surface area (Å²) in [5, 5.41) is 3.80. The standard InChI is InChI=1S/C7H8N4O2/c12-6-4-11(7(13)3-9-6)10-2-1-8-5-10/h1-2,5H,3-4H2,(H,9,12). The van der Waals surface area contributed by atoms with Gasteiger partial charge in [0.05, 0.1) is 6.54 Å². The molecule has 1 saturated heterocycles. The van der Waals surface area contributed by atoms with Gasteiger partial charge in [-0.15, -0.1) is 0 Å². The van der Waals surface area contributed by atoms with E-state index in [1.165, 1.54) is 16.0 Å². The summed E-state index contributed by atoms with van der Waals surface area (Å²) < 4.78 is 1.50. The largest absolute Gasteiger partial charge is 0.345 e. The molecule has 2 amide bonds. The molecule has 0 bridgehead atoms. The van der Waals surface area contributed by atoms with Crippen molar-refractivity contribution in [3.8, 4) is 0 Å². The van der Waals surface area contributed by atoms with Gasteiger partial charge in [0.15, 0.2) is 0 Å². The summed E-state index contributed by atoms with van der Waals surface area (Å²) in [6.07, 6.45) is 4.66. The summed E-state index contributed by atoms with van der Waals surface area (Å²) in [7, 11) is 0. The third kappa shape index (κ3) is 1.37. The number of piperazine rings is 1. The van der Waals surface area contributed by atoms with Crippen LogP contribution in [0.3, 0.4) is 0 Å². The van der Waals surface area contributed by atoms with E-state index in [1.54, 1.807) is 12.4 Å². The molecule has 0 aromatic carbocycles. The van der Waals surface area contributed by atoms with Crippen LogP contribution < -0.4 is 10.3 Å². The fraction of sp³-hybridized carbons (Fsp3) is 0.286. The molecule has 6 nitrogen and oxygen atoms in total. The molecule has 1 N–H and O–H groups in total. The summed E-state index contributed by atoms with van der Waals surface area (Å²) in [6.45, 7) is 0.103. The molecule has 0 atom stereocenters. The first-order valence-electron chi connectivity index (χ1n) is 3.82. The normalized spacial score (nSPS) is 17.4. The average Bonchev–Trinajstić information content (AvgIpc) is 2.61. The number of amides is 2. The lowest BCUT2D eigenvalue weighted by molar-refractivity contribution is -0.129. The molecule has 6 heteroatoms. The van der Waals surface area contributed by atoms with Crippen molar-refractivity contribution in [1.82, 2.24) is 15.0 Å². The van der Waals surface area contributed by atoms with Crippen LogP contribution >= 0.6 is 0 Å². The maximum Gasteiger partial charge on any atom is 0.261 e. The van der Waals surface area contributed by atoms with E-state index in [4.69, 9.17) is 0 Å². The summed E-state index contributed by atoms with van der Waals surface area (Å²) in [4.78, 5) is 26.1. The monoisotopic (exact) mass is 180 g/mol. The zero-order chi connectivity index (χ0) is 9.26. The molecule has 68 valence electrons.